The van der Waals surface area contributed by atoms with Gasteiger partial charge >= 0.3 is 0 Å². The Morgan fingerprint density at radius 1 is 1.62 bits per heavy atom. The van der Waals surface area contributed by atoms with Gasteiger partial charge < -0.3 is 5.11 Å². The molecule has 3 heteroatoms. The van der Waals surface area contributed by atoms with Crippen molar-refractivity contribution in [1.82, 2.24) is 0 Å². The maximum absolute atomic E-state index is 13.0. The van der Waals surface area contributed by atoms with Crippen molar-refractivity contribution in [2.45, 2.75) is 25.4 Å². The maximum atomic E-state index is 13.0. The second kappa shape index (κ2) is 3.42. The monoisotopic (exact) mass is 186 g/mol. The molecule has 0 amide bonds. The van der Waals surface area contributed by atoms with Crippen LogP contribution < -0.4 is 0 Å². The van der Waals surface area contributed by atoms with Crippen LogP contribution in [0, 0.1) is 0 Å². The van der Waals surface area contributed by atoms with Gasteiger partial charge in [0.1, 0.15) is 6.10 Å². The summed E-state index contributed by atoms with van der Waals surface area (Å²) in [4.78, 5) is 0. The van der Waals surface area contributed by atoms with Gasteiger partial charge in [-0.15, -0.1) is 0 Å². The molecule has 0 aromatic heterocycles. The van der Waals surface area contributed by atoms with Gasteiger partial charge in [-0.05, 0) is 18.1 Å². The van der Waals surface area contributed by atoms with Crippen LogP contribution in [0.3, 0.4) is 0 Å². The van der Waals surface area contributed by atoms with Crippen molar-refractivity contribution in [1.29, 1.82) is 0 Å². The Labute approximate surface area is 76.1 Å². The maximum Gasteiger partial charge on any atom is 0.281 e. The quantitative estimate of drug-likeness (QED) is 0.666. The lowest BCUT2D eigenvalue weighted by Crippen LogP contribution is -2.27. The highest BCUT2D eigenvalue weighted by Crippen LogP contribution is 2.42. The topological polar surface area (TPSA) is 20.2 Å². The lowest BCUT2D eigenvalue weighted by atomic mass is 10.1. The molecule has 1 saturated carbocycles. The minimum Gasteiger partial charge on any atom is -0.382 e. The van der Waals surface area contributed by atoms with Gasteiger partial charge in [0.25, 0.3) is 5.92 Å². The fourth-order valence-electron chi connectivity index (χ4n) is 1.45. The zero-order chi connectivity index (χ0) is 10.1. The largest absolute Gasteiger partial charge is 0.382 e. The third-order valence-corrected chi connectivity index (χ3v) is 2.14. The molecule has 1 rings (SSSR count). The van der Waals surface area contributed by atoms with E-state index in [-0.39, 0.29) is 12.0 Å². The first kappa shape index (κ1) is 10.1. The van der Waals surface area contributed by atoms with E-state index >= 15 is 0 Å². The Balaban J connectivity index is 3.08. The number of hydrogen-bond acceptors (Lipinski definition) is 1. The molecule has 0 radical (unpaired) electrons. The molecule has 0 saturated heterocycles. The molecule has 1 atom stereocenters. The highest BCUT2D eigenvalue weighted by atomic mass is 19.3. The summed E-state index contributed by atoms with van der Waals surface area (Å²) in [6.45, 7) is 5.10. The minimum atomic E-state index is -3.03. The van der Waals surface area contributed by atoms with E-state index in [1.165, 1.54) is 12.2 Å². The van der Waals surface area contributed by atoms with Crippen LogP contribution in [0.25, 0.3) is 0 Å². The third-order valence-electron chi connectivity index (χ3n) is 2.14. The number of aliphatic hydroxyl groups excluding tert-OH is 1. The molecule has 0 aromatic carbocycles. The van der Waals surface area contributed by atoms with Crippen LogP contribution >= 0.6 is 0 Å². The molecule has 0 bridgehead atoms. The van der Waals surface area contributed by atoms with E-state index < -0.39 is 12.0 Å². The molecular weight excluding hydrogens is 174 g/mol. The smallest absolute Gasteiger partial charge is 0.281 e. The Kier molecular flexibility index (Phi) is 2.66. The number of halogens is 2. The van der Waals surface area contributed by atoms with E-state index in [4.69, 9.17) is 0 Å². The van der Waals surface area contributed by atoms with E-state index in [0.29, 0.717) is 5.57 Å². The molecule has 0 aromatic rings. The first-order valence-electron chi connectivity index (χ1n) is 4.07. The predicted octanol–water partition coefficient (Wildman–Crippen LogP) is 2.45. The van der Waals surface area contributed by atoms with Crippen LogP contribution in [0.4, 0.5) is 8.78 Å². The lowest BCUT2D eigenvalue weighted by molar-refractivity contribution is -0.0733. The summed E-state index contributed by atoms with van der Waals surface area (Å²) in [6.07, 6.45) is 2.37. The summed E-state index contributed by atoms with van der Waals surface area (Å²) in [6, 6.07) is 0. The fourth-order valence-corrected chi connectivity index (χ4v) is 1.45. The molecule has 1 fully saturated rings. The molecule has 1 nitrogen and oxygen atoms in total. The minimum absolute atomic E-state index is 0.280. The van der Waals surface area contributed by atoms with Crippen LogP contribution in [-0.4, -0.2) is 17.1 Å². The Hall–Kier alpha value is -0.960. The zero-order valence-electron chi connectivity index (χ0n) is 7.43. The van der Waals surface area contributed by atoms with Crippen LogP contribution in [0.2, 0.25) is 0 Å². The van der Waals surface area contributed by atoms with E-state index in [1.54, 1.807) is 13.0 Å². The van der Waals surface area contributed by atoms with Gasteiger partial charge in [-0.1, -0.05) is 24.8 Å². The van der Waals surface area contributed by atoms with Crippen molar-refractivity contribution < 1.29 is 13.9 Å². The van der Waals surface area contributed by atoms with Crippen LogP contribution in [0.1, 0.15) is 13.3 Å². The average molecular weight is 186 g/mol. The molecule has 0 aliphatic heterocycles. The molecule has 0 spiro atoms. The Morgan fingerprint density at radius 2 is 2.23 bits per heavy atom. The highest BCUT2D eigenvalue weighted by Gasteiger charge is 2.48. The van der Waals surface area contributed by atoms with Gasteiger partial charge in [0.15, 0.2) is 0 Å². The van der Waals surface area contributed by atoms with E-state index in [1.807, 2.05) is 0 Å². The number of aliphatic hydroxyl groups is 1. The standard InChI is InChI=1S/C10H12F2O/c1-3-5-8-7(4-2)6-10(11,12)9(8)13/h3-5,9,13H,1,6H2,2H3/b7-4-,8-5+. The molecule has 0 heterocycles. The first-order valence-corrected chi connectivity index (χ1v) is 4.07. The van der Waals surface area contributed by atoms with Crippen molar-refractivity contribution in [3.8, 4) is 0 Å². The first-order chi connectivity index (χ1) is 6.03. The van der Waals surface area contributed by atoms with Crippen molar-refractivity contribution in [2.24, 2.45) is 0 Å². The Morgan fingerprint density at radius 3 is 2.69 bits per heavy atom. The summed E-state index contributed by atoms with van der Waals surface area (Å²) in [5.74, 6) is -3.03. The summed E-state index contributed by atoms with van der Waals surface area (Å²) in [5.41, 5.74) is 0.778. The molecule has 1 aliphatic rings. The number of hydrogen-bond donors (Lipinski definition) is 1. The van der Waals surface area contributed by atoms with Gasteiger partial charge in [0.2, 0.25) is 0 Å². The van der Waals surface area contributed by atoms with E-state index in [2.05, 4.69) is 6.58 Å². The Bertz CT molecular complexity index is 277. The van der Waals surface area contributed by atoms with Crippen molar-refractivity contribution >= 4 is 0 Å². The summed E-state index contributed by atoms with van der Waals surface area (Å²) >= 11 is 0. The van der Waals surface area contributed by atoms with Gasteiger partial charge in [-0.2, -0.15) is 0 Å². The number of allylic oxidation sites excluding steroid dienone is 3. The summed E-state index contributed by atoms with van der Waals surface area (Å²) < 4.78 is 26.0. The van der Waals surface area contributed by atoms with Gasteiger partial charge in [-0.3, -0.25) is 0 Å². The van der Waals surface area contributed by atoms with Crippen molar-refractivity contribution in [2.75, 3.05) is 0 Å². The number of rotatable bonds is 1. The average Bonchev–Trinajstić information content (AvgIpc) is 2.29. The second-order valence-corrected chi connectivity index (χ2v) is 3.01. The summed E-state index contributed by atoms with van der Waals surface area (Å²) in [5, 5.41) is 9.24. The van der Waals surface area contributed by atoms with E-state index in [9.17, 15) is 13.9 Å². The third kappa shape index (κ3) is 1.70. The van der Waals surface area contributed by atoms with Crippen LogP contribution in [0.15, 0.2) is 36.0 Å². The lowest BCUT2D eigenvalue weighted by Gasteiger charge is -2.12. The van der Waals surface area contributed by atoms with Crippen LogP contribution in [-0.2, 0) is 0 Å². The molecule has 13 heavy (non-hydrogen) atoms. The molecule has 1 aliphatic carbocycles. The molecular formula is C10H12F2O. The van der Waals surface area contributed by atoms with Gasteiger partial charge in [-0.25, -0.2) is 8.78 Å². The molecule has 1 N–H and O–H groups in total. The van der Waals surface area contributed by atoms with Crippen LogP contribution in [0.5, 0.6) is 0 Å². The van der Waals surface area contributed by atoms with Gasteiger partial charge in [0.05, 0.1) is 0 Å². The normalized spacial score (nSPS) is 32.8. The van der Waals surface area contributed by atoms with Crippen molar-refractivity contribution in [3.63, 3.8) is 0 Å². The van der Waals surface area contributed by atoms with E-state index in [0.717, 1.165) is 0 Å². The summed E-state index contributed by atoms with van der Waals surface area (Å²) in [7, 11) is 0. The van der Waals surface area contributed by atoms with Gasteiger partial charge in [0, 0.05) is 6.42 Å². The fraction of sp³-hybridized carbons (Fsp3) is 0.400. The predicted molar refractivity (Wildman–Crippen MR) is 47.6 cm³/mol. The van der Waals surface area contributed by atoms with Crippen molar-refractivity contribution in [3.05, 3.63) is 36.0 Å². The molecule has 1 unspecified atom stereocenters. The second-order valence-electron chi connectivity index (χ2n) is 3.01. The number of alkyl halides is 2. The molecule has 72 valence electrons. The highest BCUT2D eigenvalue weighted by molar-refractivity contribution is 5.43. The zero-order valence-corrected chi connectivity index (χ0v) is 7.43. The SMILES string of the molecule is C=C/C=C1\C(=C/C)CC(F)(F)C1O.